The number of carboxylic acid groups (broad SMARTS) is 1. The third-order valence-electron chi connectivity index (χ3n) is 5.80. The monoisotopic (exact) mass is 311 g/mol. The lowest BCUT2D eigenvalue weighted by Crippen LogP contribution is -2.50. The molecule has 2 N–H and O–H groups in total. The number of hydrogen-bond donors (Lipinski definition) is 2. The van der Waals surface area contributed by atoms with Crippen LogP contribution in [-0.4, -0.2) is 23.5 Å². The fraction of sp³-hybridized carbons (Fsp3) is 0.474. The van der Waals surface area contributed by atoms with Crippen molar-refractivity contribution in [2.45, 2.75) is 12.8 Å². The second-order valence-electron chi connectivity index (χ2n) is 7.02. The molecule has 5 rings (SSSR count). The number of rotatable bonds is 5. The maximum atomic E-state index is 12.6. The molecule has 6 atom stereocenters. The highest BCUT2D eigenvalue weighted by Gasteiger charge is 2.62. The number of nitrogens with one attached hydrogen (secondary N) is 1. The van der Waals surface area contributed by atoms with Crippen LogP contribution in [0.3, 0.4) is 0 Å². The summed E-state index contributed by atoms with van der Waals surface area (Å²) >= 11 is 0. The molecule has 0 aromatic heterocycles. The van der Waals surface area contributed by atoms with Crippen LogP contribution in [0.2, 0.25) is 0 Å². The van der Waals surface area contributed by atoms with Gasteiger partial charge in [-0.2, -0.15) is 0 Å². The Kier molecular flexibility index (Phi) is 3.47. The van der Waals surface area contributed by atoms with E-state index in [1.807, 2.05) is 36.4 Å². The highest BCUT2D eigenvalue weighted by atomic mass is 16.4. The molecule has 120 valence electrons. The maximum Gasteiger partial charge on any atom is 0.307 e. The van der Waals surface area contributed by atoms with E-state index >= 15 is 0 Å². The molecule has 4 aliphatic rings. The van der Waals surface area contributed by atoms with Gasteiger partial charge in [-0.1, -0.05) is 42.5 Å². The van der Waals surface area contributed by atoms with E-state index in [1.165, 1.54) is 5.56 Å². The molecule has 2 bridgehead atoms. The van der Waals surface area contributed by atoms with E-state index in [0.717, 1.165) is 12.8 Å². The third kappa shape index (κ3) is 2.46. The maximum absolute atomic E-state index is 12.6. The molecule has 2 fully saturated rings. The quantitative estimate of drug-likeness (QED) is 0.819. The minimum atomic E-state index is -0.821. The van der Waals surface area contributed by atoms with Crippen molar-refractivity contribution in [1.82, 2.24) is 5.32 Å². The minimum Gasteiger partial charge on any atom is -0.481 e. The van der Waals surface area contributed by atoms with Gasteiger partial charge in [-0.15, -0.1) is 0 Å². The minimum absolute atomic E-state index is 0.0485. The number of fused-ring (bicyclic) bond motifs is 1. The molecule has 4 nitrogen and oxygen atoms in total. The summed E-state index contributed by atoms with van der Waals surface area (Å²) in [6.45, 7) is 0.556. The molecule has 0 unspecified atom stereocenters. The molecular weight excluding hydrogens is 290 g/mol. The van der Waals surface area contributed by atoms with Gasteiger partial charge in [0, 0.05) is 6.54 Å². The standard InChI is InChI=1S/C19H21NO3/c21-18(20-9-8-11-4-2-1-3-5-11)16-12-6-7-13(15-10-14(12)15)17(16)19(22)23/h1-7,12-17H,8-10H2,(H,20,21)(H,22,23)/t12-,13-,14-,15+,16+,17+/m0/s1. The second-order valence-corrected chi connectivity index (χ2v) is 7.02. The molecule has 4 heteroatoms. The Morgan fingerprint density at radius 1 is 1.04 bits per heavy atom. The van der Waals surface area contributed by atoms with Crippen LogP contribution in [0.4, 0.5) is 0 Å². The highest BCUT2D eigenvalue weighted by molar-refractivity contribution is 5.86. The van der Waals surface area contributed by atoms with Crippen molar-refractivity contribution in [1.29, 1.82) is 0 Å². The van der Waals surface area contributed by atoms with E-state index in [0.29, 0.717) is 18.4 Å². The lowest BCUT2D eigenvalue weighted by molar-refractivity contribution is -0.153. The van der Waals surface area contributed by atoms with Gasteiger partial charge in [0.25, 0.3) is 0 Å². The van der Waals surface area contributed by atoms with Crippen molar-refractivity contribution in [3.8, 4) is 0 Å². The third-order valence-corrected chi connectivity index (χ3v) is 5.80. The number of carbonyl (C=O) groups is 2. The average Bonchev–Trinajstić information content (AvgIpc) is 3.37. The first-order chi connectivity index (χ1) is 11.2. The fourth-order valence-electron chi connectivity index (χ4n) is 4.66. The Balaban J connectivity index is 1.43. The van der Waals surface area contributed by atoms with Crippen LogP contribution >= 0.6 is 0 Å². The summed E-state index contributed by atoms with van der Waals surface area (Å²) in [5.41, 5.74) is 1.18. The van der Waals surface area contributed by atoms with Gasteiger partial charge in [0.1, 0.15) is 0 Å². The van der Waals surface area contributed by atoms with Gasteiger partial charge in [0.2, 0.25) is 5.91 Å². The van der Waals surface area contributed by atoms with Crippen molar-refractivity contribution in [2.75, 3.05) is 6.54 Å². The van der Waals surface area contributed by atoms with Gasteiger partial charge in [-0.3, -0.25) is 9.59 Å². The van der Waals surface area contributed by atoms with Gasteiger partial charge in [-0.25, -0.2) is 0 Å². The number of carbonyl (C=O) groups excluding carboxylic acids is 1. The van der Waals surface area contributed by atoms with E-state index in [4.69, 9.17) is 0 Å². The van der Waals surface area contributed by atoms with Crippen molar-refractivity contribution in [3.05, 3.63) is 48.0 Å². The van der Waals surface area contributed by atoms with Crippen LogP contribution in [0, 0.1) is 35.5 Å². The SMILES string of the molecule is O=C(O)[C@@H]1[C@H]2C=C[C@@H]([C@@H]3C[C@H]23)[C@H]1C(=O)NCCc1ccccc1. The average molecular weight is 311 g/mol. The Morgan fingerprint density at radius 3 is 2.35 bits per heavy atom. The summed E-state index contributed by atoms with van der Waals surface area (Å²) in [7, 11) is 0. The van der Waals surface area contributed by atoms with Gasteiger partial charge < -0.3 is 10.4 Å². The number of carboxylic acids is 1. The summed E-state index contributed by atoms with van der Waals surface area (Å²) in [6, 6.07) is 10.0. The predicted molar refractivity (Wildman–Crippen MR) is 85.5 cm³/mol. The van der Waals surface area contributed by atoms with E-state index < -0.39 is 17.8 Å². The van der Waals surface area contributed by atoms with E-state index in [1.54, 1.807) is 0 Å². The molecule has 4 aliphatic carbocycles. The predicted octanol–water partition coefficient (Wildman–Crippen LogP) is 2.11. The number of benzene rings is 1. The fourth-order valence-corrected chi connectivity index (χ4v) is 4.66. The Labute approximate surface area is 135 Å². The van der Waals surface area contributed by atoms with E-state index in [9.17, 15) is 14.7 Å². The summed E-state index contributed by atoms with van der Waals surface area (Å²) in [5, 5.41) is 12.6. The normalized spacial score (nSPS) is 36.3. The zero-order chi connectivity index (χ0) is 16.0. The molecule has 0 spiro atoms. The Hall–Kier alpha value is -2.10. The van der Waals surface area contributed by atoms with Crippen molar-refractivity contribution < 1.29 is 14.7 Å². The number of amides is 1. The van der Waals surface area contributed by atoms with E-state index in [2.05, 4.69) is 11.4 Å². The molecule has 23 heavy (non-hydrogen) atoms. The van der Waals surface area contributed by atoms with Crippen LogP contribution in [0.5, 0.6) is 0 Å². The van der Waals surface area contributed by atoms with Crippen LogP contribution in [0.25, 0.3) is 0 Å². The number of allylic oxidation sites excluding steroid dienone is 2. The molecule has 1 amide bonds. The number of hydrogen-bond acceptors (Lipinski definition) is 2. The summed E-state index contributed by atoms with van der Waals surface area (Å²) < 4.78 is 0. The topological polar surface area (TPSA) is 66.4 Å². The van der Waals surface area contributed by atoms with E-state index in [-0.39, 0.29) is 17.7 Å². The smallest absolute Gasteiger partial charge is 0.307 e. The van der Waals surface area contributed by atoms with Gasteiger partial charge >= 0.3 is 5.97 Å². The van der Waals surface area contributed by atoms with Crippen molar-refractivity contribution >= 4 is 11.9 Å². The molecular formula is C19H21NO3. The zero-order valence-electron chi connectivity index (χ0n) is 12.9. The van der Waals surface area contributed by atoms with Crippen LogP contribution in [0.1, 0.15) is 12.0 Å². The van der Waals surface area contributed by atoms with Crippen LogP contribution in [0.15, 0.2) is 42.5 Å². The van der Waals surface area contributed by atoms with Crippen molar-refractivity contribution in [2.24, 2.45) is 35.5 Å². The van der Waals surface area contributed by atoms with Crippen molar-refractivity contribution in [3.63, 3.8) is 0 Å². The zero-order valence-corrected chi connectivity index (χ0v) is 12.9. The summed E-state index contributed by atoms with van der Waals surface area (Å²) in [4.78, 5) is 24.4. The molecule has 1 aromatic carbocycles. The molecule has 0 aliphatic heterocycles. The van der Waals surface area contributed by atoms with Gasteiger partial charge in [0.15, 0.2) is 0 Å². The lowest BCUT2D eigenvalue weighted by Gasteiger charge is -2.41. The molecule has 0 saturated heterocycles. The first kappa shape index (κ1) is 14.5. The Morgan fingerprint density at radius 2 is 1.70 bits per heavy atom. The largest absolute Gasteiger partial charge is 0.481 e. The molecule has 0 radical (unpaired) electrons. The molecule has 0 heterocycles. The summed E-state index contributed by atoms with van der Waals surface area (Å²) in [5.74, 6) is -0.663. The van der Waals surface area contributed by atoms with Crippen LogP contribution < -0.4 is 5.32 Å². The van der Waals surface area contributed by atoms with Crippen LogP contribution in [-0.2, 0) is 16.0 Å². The number of aliphatic carboxylic acids is 1. The first-order valence-corrected chi connectivity index (χ1v) is 8.39. The molecule has 2 saturated carbocycles. The second kappa shape index (κ2) is 5.52. The highest BCUT2D eigenvalue weighted by Crippen LogP contribution is 2.63. The lowest BCUT2D eigenvalue weighted by atomic mass is 9.62. The first-order valence-electron chi connectivity index (χ1n) is 8.39. The summed E-state index contributed by atoms with van der Waals surface area (Å²) in [6.07, 6.45) is 6.00. The van der Waals surface area contributed by atoms with Gasteiger partial charge in [-0.05, 0) is 42.1 Å². The molecule has 1 aromatic rings. The Bertz CT molecular complexity index is 654. The van der Waals surface area contributed by atoms with Gasteiger partial charge in [0.05, 0.1) is 11.8 Å².